The molecule has 1 unspecified atom stereocenters. The van der Waals surface area contributed by atoms with Gasteiger partial charge in [0.25, 0.3) is 5.56 Å². The molecule has 0 fully saturated rings. The van der Waals surface area contributed by atoms with Gasteiger partial charge in [-0.15, -0.1) is 11.3 Å². The van der Waals surface area contributed by atoms with Crippen LogP contribution in [0.5, 0.6) is 0 Å². The molecule has 0 spiro atoms. The summed E-state index contributed by atoms with van der Waals surface area (Å²) in [6.45, 7) is 15.7. The van der Waals surface area contributed by atoms with Gasteiger partial charge in [-0.3, -0.25) is 14.2 Å². The molecule has 1 amide bonds. The summed E-state index contributed by atoms with van der Waals surface area (Å²) in [7, 11) is 0. The highest BCUT2D eigenvalue weighted by atomic mass is 32.2. The van der Waals surface area contributed by atoms with Crippen LogP contribution in [0.3, 0.4) is 0 Å². The number of hydrogen-bond acceptors (Lipinski definition) is 5. The van der Waals surface area contributed by atoms with E-state index in [0.717, 1.165) is 32.1 Å². The van der Waals surface area contributed by atoms with Crippen molar-refractivity contribution in [1.29, 1.82) is 0 Å². The second-order valence-corrected chi connectivity index (χ2v) is 11.2. The summed E-state index contributed by atoms with van der Waals surface area (Å²) < 4.78 is 1.68. The predicted molar refractivity (Wildman–Crippen MR) is 127 cm³/mol. The highest BCUT2D eigenvalue weighted by molar-refractivity contribution is 8.00. The lowest BCUT2D eigenvalue weighted by atomic mass is 10.1. The van der Waals surface area contributed by atoms with Crippen LogP contribution < -0.4 is 10.9 Å². The average Bonchev–Trinajstić information content (AvgIpc) is 2.91. The lowest BCUT2D eigenvalue weighted by molar-refractivity contribution is -0.121. The molecule has 2 aromatic heterocycles. The monoisotopic (exact) mass is 443 g/mol. The lowest BCUT2D eigenvalue weighted by Crippen LogP contribution is -2.44. The Morgan fingerprint density at radius 1 is 1.17 bits per heavy atom. The number of benzene rings is 1. The Labute approximate surface area is 185 Å². The summed E-state index contributed by atoms with van der Waals surface area (Å²) >= 11 is 2.84. The van der Waals surface area contributed by atoms with Crippen molar-refractivity contribution in [3.63, 3.8) is 0 Å². The fourth-order valence-corrected chi connectivity index (χ4v) is 5.22. The molecule has 7 heteroatoms. The maximum atomic E-state index is 13.6. The maximum Gasteiger partial charge on any atom is 0.267 e. The minimum Gasteiger partial charge on any atom is -0.351 e. The molecule has 160 valence electrons. The van der Waals surface area contributed by atoms with Gasteiger partial charge in [0.2, 0.25) is 5.91 Å². The fourth-order valence-electron chi connectivity index (χ4n) is 3.23. The third-order valence-electron chi connectivity index (χ3n) is 5.14. The van der Waals surface area contributed by atoms with Crippen molar-refractivity contribution in [3.05, 3.63) is 50.1 Å². The minimum absolute atomic E-state index is 0.0760. The van der Waals surface area contributed by atoms with Gasteiger partial charge in [0.1, 0.15) is 4.83 Å². The molecular formula is C23H29N3O2S2. The normalized spacial score (nSPS) is 12.9. The van der Waals surface area contributed by atoms with Crippen LogP contribution >= 0.6 is 23.1 Å². The Balaban J connectivity index is 2.21. The van der Waals surface area contributed by atoms with Gasteiger partial charge in [0, 0.05) is 10.4 Å². The average molecular weight is 444 g/mol. The summed E-state index contributed by atoms with van der Waals surface area (Å²) in [5.41, 5.74) is 3.51. The summed E-state index contributed by atoms with van der Waals surface area (Å²) in [5.74, 6) is -0.0760. The van der Waals surface area contributed by atoms with Gasteiger partial charge >= 0.3 is 0 Å². The summed E-state index contributed by atoms with van der Waals surface area (Å²) in [6.07, 6.45) is 0. The minimum atomic E-state index is -0.396. The third kappa shape index (κ3) is 4.32. The van der Waals surface area contributed by atoms with E-state index in [2.05, 4.69) is 5.32 Å². The lowest BCUT2D eigenvalue weighted by Gasteiger charge is -2.23. The van der Waals surface area contributed by atoms with Gasteiger partial charge in [-0.25, -0.2) is 4.98 Å². The number of nitrogens with one attached hydrogen (secondary N) is 1. The Bertz CT molecular complexity index is 1190. The van der Waals surface area contributed by atoms with Gasteiger partial charge in [-0.1, -0.05) is 23.9 Å². The summed E-state index contributed by atoms with van der Waals surface area (Å²) in [6, 6.07) is 5.92. The van der Waals surface area contributed by atoms with E-state index in [-0.39, 0.29) is 17.0 Å². The molecule has 5 nitrogen and oxygen atoms in total. The number of carbonyl (C=O) groups is 1. The van der Waals surface area contributed by atoms with E-state index in [0.29, 0.717) is 10.5 Å². The molecule has 0 aliphatic carbocycles. The number of aromatic nitrogens is 2. The van der Waals surface area contributed by atoms with Gasteiger partial charge in [-0.05, 0) is 78.1 Å². The Morgan fingerprint density at radius 2 is 1.83 bits per heavy atom. The highest BCUT2D eigenvalue weighted by Gasteiger charge is 2.25. The first-order valence-electron chi connectivity index (χ1n) is 9.98. The van der Waals surface area contributed by atoms with E-state index in [9.17, 15) is 9.59 Å². The maximum absolute atomic E-state index is 13.6. The number of aryl methyl sites for hydroxylation is 3. The summed E-state index contributed by atoms with van der Waals surface area (Å²) in [5, 5.41) is 3.82. The molecule has 0 aliphatic rings. The van der Waals surface area contributed by atoms with E-state index in [1.807, 2.05) is 73.6 Å². The van der Waals surface area contributed by atoms with E-state index in [1.54, 1.807) is 4.57 Å². The first-order valence-corrected chi connectivity index (χ1v) is 11.7. The van der Waals surface area contributed by atoms with Crippen molar-refractivity contribution in [1.82, 2.24) is 14.9 Å². The number of thioether (sulfide) groups is 1. The Hall–Kier alpha value is -2.12. The molecule has 1 N–H and O–H groups in total. The molecule has 0 saturated heterocycles. The van der Waals surface area contributed by atoms with Crippen LogP contribution in [0.15, 0.2) is 28.2 Å². The number of rotatable bonds is 4. The number of amides is 1. The number of hydrogen-bond donors (Lipinski definition) is 1. The molecule has 1 atom stereocenters. The zero-order chi connectivity index (χ0) is 22.4. The zero-order valence-corrected chi connectivity index (χ0v) is 20.5. The smallest absolute Gasteiger partial charge is 0.267 e. The van der Waals surface area contributed by atoms with Gasteiger partial charge < -0.3 is 5.32 Å². The highest BCUT2D eigenvalue weighted by Crippen LogP contribution is 2.32. The Kier molecular flexibility index (Phi) is 6.16. The molecule has 3 rings (SSSR count). The van der Waals surface area contributed by atoms with Crippen LogP contribution in [-0.2, 0) is 4.79 Å². The molecule has 1 aromatic carbocycles. The van der Waals surface area contributed by atoms with Crippen molar-refractivity contribution < 1.29 is 4.79 Å². The number of nitrogens with zero attached hydrogens (tertiary/aromatic N) is 2. The summed E-state index contributed by atoms with van der Waals surface area (Å²) in [4.78, 5) is 33.0. The molecular weight excluding hydrogens is 414 g/mol. The van der Waals surface area contributed by atoms with Gasteiger partial charge in [-0.2, -0.15) is 0 Å². The predicted octanol–water partition coefficient (Wildman–Crippen LogP) is 5.08. The quantitative estimate of drug-likeness (QED) is 0.451. The van der Waals surface area contributed by atoms with Crippen LogP contribution in [0.1, 0.15) is 49.3 Å². The van der Waals surface area contributed by atoms with E-state index in [4.69, 9.17) is 4.98 Å². The zero-order valence-electron chi connectivity index (χ0n) is 18.8. The van der Waals surface area contributed by atoms with Crippen LogP contribution in [0, 0.1) is 27.7 Å². The number of carbonyl (C=O) groups excluding carboxylic acids is 1. The van der Waals surface area contributed by atoms with E-state index < -0.39 is 5.25 Å². The van der Waals surface area contributed by atoms with Crippen molar-refractivity contribution in [2.24, 2.45) is 0 Å². The molecule has 0 bridgehead atoms. The number of thiophene rings is 1. The molecule has 2 heterocycles. The van der Waals surface area contributed by atoms with Crippen LogP contribution in [0.2, 0.25) is 0 Å². The van der Waals surface area contributed by atoms with Crippen molar-refractivity contribution >= 4 is 39.2 Å². The first-order chi connectivity index (χ1) is 13.9. The number of fused-ring (bicyclic) bond motifs is 1. The Morgan fingerprint density at radius 3 is 2.47 bits per heavy atom. The van der Waals surface area contributed by atoms with E-state index in [1.165, 1.54) is 23.1 Å². The molecule has 0 radical (unpaired) electrons. The van der Waals surface area contributed by atoms with Gasteiger partial charge in [0.05, 0.1) is 16.3 Å². The topological polar surface area (TPSA) is 64.0 Å². The fraction of sp³-hybridized carbons (Fsp3) is 0.435. The second-order valence-electron chi connectivity index (χ2n) is 8.72. The SMILES string of the molecule is Cc1cccc(-n2c(SC(C)C(=O)NC(C)(C)C)nc3sc(C)c(C)c3c2=O)c1C. The molecule has 30 heavy (non-hydrogen) atoms. The molecule has 3 aromatic rings. The molecule has 0 saturated carbocycles. The van der Waals surface area contributed by atoms with Crippen molar-refractivity contribution in [2.45, 2.75) is 71.3 Å². The largest absolute Gasteiger partial charge is 0.351 e. The van der Waals surface area contributed by atoms with Crippen molar-refractivity contribution in [3.8, 4) is 5.69 Å². The van der Waals surface area contributed by atoms with Crippen molar-refractivity contribution in [2.75, 3.05) is 0 Å². The van der Waals surface area contributed by atoms with E-state index >= 15 is 0 Å². The second kappa shape index (κ2) is 8.19. The first kappa shape index (κ1) is 22.6. The van der Waals surface area contributed by atoms with Crippen LogP contribution in [0.25, 0.3) is 15.9 Å². The van der Waals surface area contributed by atoms with Crippen LogP contribution in [-0.4, -0.2) is 26.2 Å². The standard InChI is InChI=1S/C23H29N3O2S2/c1-12-10-9-11-17(13(12)2)26-21(28)18-14(3)15(4)29-20(18)24-22(26)30-16(5)19(27)25-23(6,7)8/h9-11,16H,1-8H3,(H,25,27). The molecule has 0 aliphatic heterocycles. The van der Waals surface area contributed by atoms with Crippen LogP contribution in [0.4, 0.5) is 0 Å². The van der Waals surface area contributed by atoms with Gasteiger partial charge in [0.15, 0.2) is 5.16 Å². The third-order valence-corrected chi connectivity index (χ3v) is 7.29.